The molecule has 0 aromatic rings. The van der Waals surface area contributed by atoms with Gasteiger partial charge in [0.05, 0.1) is 6.10 Å². The third-order valence-electron chi connectivity index (χ3n) is 1.91. The Morgan fingerprint density at radius 1 is 1.60 bits per heavy atom. The molecule has 0 aliphatic rings. The molecule has 10 heavy (non-hydrogen) atoms. The summed E-state index contributed by atoms with van der Waals surface area (Å²) in [6.45, 7) is 4.19. The van der Waals surface area contributed by atoms with Gasteiger partial charge < -0.3 is 9.53 Å². The maximum absolute atomic E-state index is 10.1. The van der Waals surface area contributed by atoms with E-state index >= 15 is 0 Å². The van der Waals surface area contributed by atoms with Gasteiger partial charge in [-0.3, -0.25) is 0 Å². The highest BCUT2D eigenvalue weighted by molar-refractivity contribution is 5.50. The Balaban J connectivity index is 3.67. The van der Waals surface area contributed by atoms with E-state index in [1.807, 2.05) is 0 Å². The zero-order chi connectivity index (χ0) is 7.98. The molecule has 0 aromatic carbocycles. The van der Waals surface area contributed by atoms with Crippen LogP contribution in [0.1, 0.15) is 26.7 Å². The van der Waals surface area contributed by atoms with Crippen molar-refractivity contribution in [2.75, 3.05) is 7.11 Å². The van der Waals surface area contributed by atoms with Gasteiger partial charge in [0.2, 0.25) is 0 Å². The lowest BCUT2D eigenvalue weighted by atomic mass is 10.00. The quantitative estimate of drug-likeness (QED) is 0.548. The minimum Gasteiger partial charge on any atom is -0.381 e. The number of aldehydes is 1. The molecule has 0 saturated carbocycles. The van der Waals surface area contributed by atoms with Gasteiger partial charge in [0.15, 0.2) is 0 Å². The summed E-state index contributed by atoms with van der Waals surface area (Å²) < 4.78 is 5.11. The Labute approximate surface area is 62.6 Å². The van der Waals surface area contributed by atoms with Crippen molar-refractivity contribution in [1.82, 2.24) is 0 Å². The first-order valence-corrected chi connectivity index (χ1v) is 3.72. The molecule has 2 unspecified atom stereocenters. The normalized spacial score (nSPS) is 16.3. The Morgan fingerprint density at radius 3 is 2.50 bits per heavy atom. The molecule has 2 nitrogen and oxygen atoms in total. The zero-order valence-electron chi connectivity index (χ0n) is 6.96. The summed E-state index contributed by atoms with van der Waals surface area (Å²) in [5.74, 6) is 0.482. The fraction of sp³-hybridized carbons (Fsp3) is 0.875. The number of carbonyl (C=O) groups excluding carboxylic acids is 1. The van der Waals surface area contributed by atoms with Crippen molar-refractivity contribution in [2.24, 2.45) is 5.92 Å². The van der Waals surface area contributed by atoms with Crippen LogP contribution in [0, 0.1) is 5.92 Å². The molecule has 60 valence electrons. The minimum absolute atomic E-state index is 0.113. The fourth-order valence-electron chi connectivity index (χ4n) is 0.919. The van der Waals surface area contributed by atoms with Gasteiger partial charge in [-0.25, -0.2) is 0 Å². The second kappa shape index (κ2) is 5.42. The van der Waals surface area contributed by atoms with Gasteiger partial charge >= 0.3 is 0 Å². The van der Waals surface area contributed by atoms with E-state index in [0.29, 0.717) is 12.3 Å². The van der Waals surface area contributed by atoms with Crippen molar-refractivity contribution in [3.8, 4) is 0 Å². The summed E-state index contributed by atoms with van der Waals surface area (Å²) in [5, 5.41) is 0. The number of carbonyl (C=O) groups is 1. The van der Waals surface area contributed by atoms with Crippen molar-refractivity contribution in [2.45, 2.75) is 32.8 Å². The van der Waals surface area contributed by atoms with Gasteiger partial charge in [0.25, 0.3) is 0 Å². The molecule has 0 fully saturated rings. The summed E-state index contributed by atoms with van der Waals surface area (Å²) >= 11 is 0. The molecular weight excluding hydrogens is 128 g/mol. The van der Waals surface area contributed by atoms with Crippen molar-refractivity contribution in [1.29, 1.82) is 0 Å². The molecule has 0 spiro atoms. The first-order chi connectivity index (χ1) is 4.76. The van der Waals surface area contributed by atoms with Crippen LogP contribution < -0.4 is 0 Å². The second-order valence-electron chi connectivity index (χ2n) is 2.56. The van der Waals surface area contributed by atoms with Crippen LogP contribution in [-0.2, 0) is 9.53 Å². The van der Waals surface area contributed by atoms with Crippen LogP contribution in [0.15, 0.2) is 0 Å². The summed E-state index contributed by atoms with van der Waals surface area (Å²) in [6.07, 6.45) is 2.61. The van der Waals surface area contributed by atoms with Crippen molar-refractivity contribution in [3.05, 3.63) is 0 Å². The molecule has 0 aliphatic carbocycles. The van der Waals surface area contributed by atoms with Gasteiger partial charge in [0.1, 0.15) is 6.29 Å². The SMILES string of the molecule is CCC(C)C(CC=O)OC. The lowest BCUT2D eigenvalue weighted by Gasteiger charge is -2.18. The molecule has 2 heteroatoms. The Kier molecular flexibility index (Phi) is 5.22. The minimum atomic E-state index is 0.113. The van der Waals surface area contributed by atoms with Gasteiger partial charge in [-0.05, 0) is 5.92 Å². The molecular formula is C8H16O2. The van der Waals surface area contributed by atoms with E-state index in [1.54, 1.807) is 7.11 Å². The van der Waals surface area contributed by atoms with Gasteiger partial charge in [-0.1, -0.05) is 20.3 Å². The van der Waals surface area contributed by atoms with E-state index in [-0.39, 0.29) is 6.10 Å². The third-order valence-corrected chi connectivity index (χ3v) is 1.91. The van der Waals surface area contributed by atoms with Crippen LogP contribution in [0.25, 0.3) is 0 Å². The summed E-state index contributed by atoms with van der Waals surface area (Å²) in [4.78, 5) is 10.1. The lowest BCUT2D eigenvalue weighted by Crippen LogP contribution is -2.20. The third kappa shape index (κ3) is 2.97. The maximum atomic E-state index is 10.1. The number of rotatable bonds is 5. The van der Waals surface area contributed by atoms with E-state index in [1.165, 1.54) is 0 Å². The molecule has 0 bridgehead atoms. The predicted octanol–water partition coefficient (Wildman–Crippen LogP) is 1.64. The highest BCUT2D eigenvalue weighted by Gasteiger charge is 2.13. The number of methoxy groups -OCH3 is 1. The average Bonchev–Trinajstić information content (AvgIpc) is 1.99. The van der Waals surface area contributed by atoms with Gasteiger partial charge in [-0.15, -0.1) is 0 Å². The zero-order valence-corrected chi connectivity index (χ0v) is 6.96. The first kappa shape index (κ1) is 9.63. The molecule has 0 saturated heterocycles. The molecule has 2 atom stereocenters. The monoisotopic (exact) mass is 144 g/mol. The van der Waals surface area contributed by atoms with Crippen LogP contribution >= 0.6 is 0 Å². The standard InChI is InChI=1S/C8H16O2/c1-4-7(2)8(10-3)5-6-9/h6-8H,4-5H2,1-3H3. The Bertz CT molecular complexity index is 91.3. The molecule has 0 heterocycles. The van der Waals surface area contributed by atoms with Crippen molar-refractivity contribution < 1.29 is 9.53 Å². The number of ether oxygens (including phenoxy) is 1. The van der Waals surface area contributed by atoms with Crippen LogP contribution in [-0.4, -0.2) is 19.5 Å². The van der Waals surface area contributed by atoms with Gasteiger partial charge in [-0.2, -0.15) is 0 Å². The van der Waals surface area contributed by atoms with Crippen molar-refractivity contribution >= 4 is 6.29 Å². The maximum Gasteiger partial charge on any atom is 0.122 e. The first-order valence-electron chi connectivity index (χ1n) is 3.72. The van der Waals surface area contributed by atoms with E-state index in [2.05, 4.69) is 13.8 Å². The highest BCUT2D eigenvalue weighted by Crippen LogP contribution is 2.12. The summed E-state index contributed by atoms with van der Waals surface area (Å²) in [6, 6.07) is 0. The average molecular weight is 144 g/mol. The van der Waals surface area contributed by atoms with E-state index < -0.39 is 0 Å². The smallest absolute Gasteiger partial charge is 0.122 e. The molecule has 0 N–H and O–H groups in total. The number of hydrogen-bond donors (Lipinski definition) is 0. The molecule has 0 aromatic heterocycles. The Morgan fingerprint density at radius 2 is 2.20 bits per heavy atom. The fourth-order valence-corrected chi connectivity index (χ4v) is 0.919. The van der Waals surface area contributed by atoms with E-state index in [9.17, 15) is 4.79 Å². The van der Waals surface area contributed by atoms with E-state index in [4.69, 9.17) is 4.74 Å². The summed E-state index contributed by atoms with van der Waals surface area (Å²) in [5.41, 5.74) is 0. The second-order valence-corrected chi connectivity index (χ2v) is 2.56. The molecule has 0 rings (SSSR count). The van der Waals surface area contributed by atoms with E-state index in [0.717, 1.165) is 12.7 Å². The van der Waals surface area contributed by atoms with Gasteiger partial charge in [0, 0.05) is 13.5 Å². The Hall–Kier alpha value is -0.370. The predicted molar refractivity (Wildman–Crippen MR) is 40.9 cm³/mol. The van der Waals surface area contributed by atoms with Crippen LogP contribution in [0.5, 0.6) is 0 Å². The largest absolute Gasteiger partial charge is 0.381 e. The molecule has 0 radical (unpaired) electrons. The van der Waals surface area contributed by atoms with Crippen LogP contribution in [0.2, 0.25) is 0 Å². The highest BCUT2D eigenvalue weighted by atomic mass is 16.5. The lowest BCUT2D eigenvalue weighted by molar-refractivity contribution is -0.110. The molecule has 0 amide bonds. The van der Waals surface area contributed by atoms with Crippen LogP contribution in [0.4, 0.5) is 0 Å². The topological polar surface area (TPSA) is 26.3 Å². The van der Waals surface area contributed by atoms with Crippen LogP contribution in [0.3, 0.4) is 0 Å². The number of hydrogen-bond acceptors (Lipinski definition) is 2. The summed E-state index contributed by atoms with van der Waals surface area (Å²) in [7, 11) is 1.65. The van der Waals surface area contributed by atoms with Crippen molar-refractivity contribution in [3.63, 3.8) is 0 Å². The molecule has 0 aliphatic heterocycles.